The van der Waals surface area contributed by atoms with Crippen LogP contribution in [0.4, 0.5) is 0 Å². The first-order chi connectivity index (χ1) is 9.84. The highest BCUT2D eigenvalue weighted by molar-refractivity contribution is 5.95. The molecule has 1 fully saturated rings. The number of H-pyrrole nitrogens is 1. The molecule has 0 atom stereocenters. The summed E-state index contributed by atoms with van der Waals surface area (Å²) in [5.74, 6) is 0.0610. The Morgan fingerprint density at radius 2 is 2.00 bits per heavy atom. The van der Waals surface area contributed by atoms with Crippen molar-refractivity contribution in [3.8, 4) is 0 Å². The van der Waals surface area contributed by atoms with Crippen molar-refractivity contribution < 1.29 is 4.79 Å². The number of nitrogens with one attached hydrogen (secondary N) is 1. The van der Waals surface area contributed by atoms with Crippen molar-refractivity contribution in [2.24, 2.45) is 0 Å². The lowest BCUT2D eigenvalue weighted by Gasteiger charge is -2.26. The molecule has 0 aromatic carbocycles. The number of carbonyl (C=O) groups is 1. The van der Waals surface area contributed by atoms with E-state index in [1.54, 1.807) is 12.4 Å². The molecule has 1 saturated heterocycles. The average Bonchev–Trinajstić information content (AvgIpc) is 3.13. The maximum absolute atomic E-state index is 12.7. The van der Waals surface area contributed by atoms with Crippen molar-refractivity contribution in [1.82, 2.24) is 24.3 Å². The molecule has 1 aliphatic rings. The second kappa shape index (κ2) is 4.33. The maximum atomic E-state index is 12.7. The second-order valence-corrected chi connectivity index (χ2v) is 5.16. The van der Waals surface area contributed by atoms with Crippen LogP contribution in [0.3, 0.4) is 0 Å². The summed E-state index contributed by atoms with van der Waals surface area (Å²) >= 11 is 0. The molecule has 0 bridgehead atoms. The molecule has 0 aliphatic carbocycles. The predicted molar refractivity (Wildman–Crippen MR) is 74.6 cm³/mol. The summed E-state index contributed by atoms with van der Waals surface area (Å²) in [4.78, 5) is 26.3. The van der Waals surface area contributed by atoms with Gasteiger partial charge in [0.25, 0.3) is 5.91 Å². The first-order valence-electron chi connectivity index (χ1n) is 6.93. The van der Waals surface area contributed by atoms with Gasteiger partial charge in [-0.1, -0.05) is 0 Å². The lowest BCUT2D eigenvalue weighted by molar-refractivity contribution is 0.0718. The highest BCUT2D eigenvalue weighted by atomic mass is 16.2. The number of piperidine rings is 1. The number of amides is 1. The summed E-state index contributed by atoms with van der Waals surface area (Å²) in [5.41, 5.74) is 2.98. The van der Waals surface area contributed by atoms with E-state index in [0.29, 0.717) is 11.3 Å². The fourth-order valence-corrected chi connectivity index (χ4v) is 2.88. The van der Waals surface area contributed by atoms with Gasteiger partial charge in [-0.15, -0.1) is 0 Å². The highest BCUT2D eigenvalue weighted by Crippen LogP contribution is 2.18. The third-order valence-corrected chi connectivity index (χ3v) is 3.91. The van der Waals surface area contributed by atoms with Crippen molar-refractivity contribution in [3.05, 3.63) is 30.4 Å². The van der Waals surface area contributed by atoms with Crippen LogP contribution in [-0.2, 0) is 0 Å². The largest absolute Gasteiger partial charge is 0.345 e. The second-order valence-electron chi connectivity index (χ2n) is 5.16. The van der Waals surface area contributed by atoms with Crippen molar-refractivity contribution in [2.75, 3.05) is 13.1 Å². The van der Waals surface area contributed by atoms with Gasteiger partial charge in [0.05, 0.1) is 17.9 Å². The van der Waals surface area contributed by atoms with Crippen LogP contribution in [0.1, 0.15) is 29.8 Å². The first kappa shape index (κ1) is 11.5. The summed E-state index contributed by atoms with van der Waals surface area (Å²) in [5, 5.41) is 0. The van der Waals surface area contributed by atoms with E-state index in [-0.39, 0.29) is 5.91 Å². The molecule has 6 heteroatoms. The Morgan fingerprint density at radius 3 is 2.85 bits per heavy atom. The van der Waals surface area contributed by atoms with Crippen LogP contribution in [0.5, 0.6) is 0 Å². The summed E-state index contributed by atoms with van der Waals surface area (Å²) in [6.07, 6.45) is 8.55. The van der Waals surface area contributed by atoms with E-state index < -0.39 is 0 Å². The first-order valence-corrected chi connectivity index (χ1v) is 6.93. The van der Waals surface area contributed by atoms with Crippen LogP contribution < -0.4 is 0 Å². The van der Waals surface area contributed by atoms with Crippen LogP contribution in [0.25, 0.3) is 16.8 Å². The molecular formula is C14H15N5O. The van der Waals surface area contributed by atoms with Crippen LogP contribution in [0, 0.1) is 0 Å². The predicted octanol–water partition coefficient (Wildman–Crippen LogP) is 1.84. The Kier molecular flexibility index (Phi) is 2.48. The molecule has 0 unspecified atom stereocenters. The number of aromatic nitrogens is 4. The van der Waals surface area contributed by atoms with E-state index in [0.717, 1.165) is 37.1 Å². The van der Waals surface area contributed by atoms with Gasteiger partial charge in [-0.05, 0) is 25.3 Å². The summed E-state index contributed by atoms with van der Waals surface area (Å²) in [6, 6.07) is 1.92. The van der Waals surface area contributed by atoms with E-state index in [9.17, 15) is 4.79 Å². The van der Waals surface area contributed by atoms with Crippen LogP contribution in [0.15, 0.2) is 24.7 Å². The van der Waals surface area contributed by atoms with E-state index in [2.05, 4.69) is 15.0 Å². The number of hydrogen-bond acceptors (Lipinski definition) is 3. The third kappa shape index (κ3) is 1.61. The number of likely N-dealkylation sites (tertiary alicyclic amines) is 1. The maximum Gasteiger partial charge on any atom is 0.272 e. The van der Waals surface area contributed by atoms with Crippen molar-refractivity contribution in [3.63, 3.8) is 0 Å². The molecule has 3 aromatic heterocycles. The molecule has 4 heterocycles. The molecule has 0 spiro atoms. The third-order valence-electron chi connectivity index (χ3n) is 3.91. The Hall–Kier alpha value is -2.37. The molecule has 4 rings (SSSR count). The van der Waals surface area contributed by atoms with E-state index in [1.165, 1.54) is 6.42 Å². The molecule has 1 aliphatic heterocycles. The number of hydrogen-bond donors (Lipinski definition) is 1. The zero-order valence-electron chi connectivity index (χ0n) is 11.0. The molecule has 1 amide bonds. The molecule has 6 nitrogen and oxygen atoms in total. The Bertz CT molecular complexity index is 781. The van der Waals surface area contributed by atoms with Crippen molar-refractivity contribution in [2.45, 2.75) is 19.3 Å². The molecule has 1 N–H and O–H groups in total. The quantitative estimate of drug-likeness (QED) is 0.733. The summed E-state index contributed by atoms with van der Waals surface area (Å²) < 4.78 is 1.88. The minimum Gasteiger partial charge on any atom is -0.345 e. The normalized spacial score (nSPS) is 16.1. The Morgan fingerprint density at radius 1 is 1.15 bits per heavy atom. The van der Waals surface area contributed by atoms with Gasteiger partial charge in [-0.2, -0.15) is 0 Å². The van der Waals surface area contributed by atoms with Crippen LogP contribution in [-0.4, -0.2) is 43.2 Å². The van der Waals surface area contributed by atoms with Crippen LogP contribution in [0.2, 0.25) is 0 Å². The molecule has 0 saturated carbocycles. The summed E-state index contributed by atoms with van der Waals surface area (Å²) in [6.45, 7) is 1.68. The minimum atomic E-state index is 0.0610. The van der Waals surface area contributed by atoms with Gasteiger partial charge < -0.3 is 9.88 Å². The van der Waals surface area contributed by atoms with Gasteiger partial charge in [-0.25, -0.2) is 9.97 Å². The standard InChI is InChI=1S/C14H15N5O/c20-14(18-6-2-1-3-7-18)11-8-16-12-9-17-13-10(19(11)12)4-5-15-13/h4-5,8-9,15H,1-3,6-7H2. The Labute approximate surface area is 115 Å². The van der Waals surface area contributed by atoms with E-state index in [1.807, 2.05) is 21.6 Å². The molecular weight excluding hydrogens is 254 g/mol. The number of nitrogens with zero attached hydrogens (tertiary/aromatic N) is 4. The molecule has 3 aromatic rings. The number of aromatic amines is 1. The molecule has 0 radical (unpaired) electrons. The van der Waals surface area contributed by atoms with Crippen molar-refractivity contribution >= 4 is 22.7 Å². The number of fused-ring (bicyclic) bond motifs is 3. The lowest BCUT2D eigenvalue weighted by atomic mass is 10.1. The highest BCUT2D eigenvalue weighted by Gasteiger charge is 2.22. The van der Waals surface area contributed by atoms with Gasteiger partial charge in [0, 0.05) is 19.3 Å². The lowest BCUT2D eigenvalue weighted by Crippen LogP contribution is -2.36. The average molecular weight is 269 g/mol. The zero-order chi connectivity index (χ0) is 13.5. The van der Waals surface area contributed by atoms with Gasteiger partial charge in [0.2, 0.25) is 0 Å². The topological polar surface area (TPSA) is 66.3 Å². The van der Waals surface area contributed by atoms with E-state index in [4.69, 9.17) is 0 Å². The van der Waals surface area contributed by atoms with E-state index >= 15 is 0 Å². The smallest absolute Gasteiger partial charge is 0.272 e. The number of carbonyl (C=O) groups excluding carboxylic acids is 1. The van der Waals surface area contributed by atoms with Crippen molar-refractivity contribution in [1.29, 1.82) is 0 Å². The monoisotopic (exact) mass is 269 g/mol. The van der Waals surface area contributed by atoms with Gasteiger partial charge in [0.1, 0.15) is 5.69 Å². The van der Waals surface area contributed by atoms with Crippen LogP contribution >= 0.6 is 0 Å². The molecule has 20 heavy (non-hydrogen) atoms. The zero-order valence-corrected chi connectivity index (χ0v) is 11.0. The minimum absolute atomic E-state index is 0.0610. The van der Waals surface area contributed by atoms with Gasteiger partial charge in [0.15, 0.2) is 11.3 Å². The fraction of sp³-hybridized carbons (Fsp3) is 0.357. The summed E-state index contributed by atoms with van der Waals surface area (Å²) in [7, 11) is 0. The fourth-order valence-electron chi connectivity index (χ4n) is 2.88. The number of imidazole rings is 1. The van der Waals surface area contributed by atoms with Gasteiger partial charge in [-0.3, -0.25) is 9.20 Å². The SMILES string of the molecule is O=C(c1cnc2cnc3[nH]ccc3n12)N1CCCCC1. The Balaban J connectivity index is 1.86. The molecule has 102 valence electrons. The number of rotatable bonds is 1. The van der Waals surface area contributed by atoms with Gasteiger partial charge >= 0.3 is 0 Å².